The Balaban J connectivity index is 1.86. The van der Waals surface area contributed by atoms with Crippen molar-refractivity contribution in [1.82, 2.24) is 4.90 Å². The van der Waals surface area contributed by atoms with Crippen LogP contribution in [0.1, 0.15) is 11.6 Å². The van der Waals surface area contributed by atoms with E-state index in [9.17, 15) is 14.0 Å². The predicted molar refractivity (Wildman–Crippen MR) is 93.3 cm³/mol. The van der Waals surface area contributed by atoms with Crippen molar-refractivity contribution in [3.63, 3.8) is 0 Å². The van der Waals surface area contributed by atoms with E-state index in [0.717, 1.165) is 0 Å². The Morgan fingerprint density at radius 3 is 2.69 bits per heavy atom. The Kier molecular flexibility index (Phi) is 5.18. The second kappa shape index (κ2) is 7.53. The molecule has 1 N–H and O–H groups in total. The quantitative estimate of drug-likeness (QED) is 0.911. The lowest BCUT2D eigenvalue weighted by Gasteiger charge is -2.38. The van der Waals surface area contributed by atoms with Gasteiger partial charge in [-0.3, -0.25) is 9.59 Å². The number of ether oxygens (including phenoxy) is 2. The number of methoxy groups -OCH3 is 1. The van der Waals surface area contributed by atoms with Crippen LogP contribution in [0.2, 0.25) is 0 Å². The summed E-state index contributed by atoms with van der Waals surface area (Å²) < 4.78 is 23.9. The summed E-state index contributed by atoms with van der Waals surface area (Å²) in [6.07, 6.45) is -0.922. The number of likely N-dealkylation sites (N-methyl/N-ethyl adjacent to an activating group) is 1. The summed E-state index contributed by atoms with van der Waals surface area (Å²) in [4.78, 5) is 26.3. The maximum absolute atomic E-state index is 13.2. The average molecular weight is 358 g/mol. The summed E-state index contributed by atoms with van der Waals surface area (Å²) in [6.45, 7) is -0.190. The van der Waals surface area contributed by atoms with Crippen LogP contribution >= 0.6 is 0 Å². The van der Waals surface area contributed by atoms with Crippen LogP contribution < -0.4 is 10.1 Å². The number of nitrogens with one attached hydrogen (secondary N) is 1. The van der Waals surface area contributed by atoms with E-state index in [1.807, 2.05) is 0 Å². The van der Waals surface area contributed by atoms with Gasteiger partial charge in [0.1, 0.15) is 18.2 Å². The van der Waals surface area contributed by atoms with Crippen molar-refractivity contribution in [2.75, 3.05) is 26.1 Å². The molecule has 0 spiro atoms. The summed E-state index contributed by atoms with van der Waals surface area (Å²) in [5.74, 6) is -0.428. The number of anilines is 1. The molecule has 2 aromatic rings. The lowest BCUT2D eigenvalue weighted by Crippen LogP contribution is -2.51. The van der Waals surface area contributed by atoms with Crippen LogP contribution in [0.4, 0.5) is 10.1 Å². The molecule has 26 heavy (non-hydrogen) atoms. The number of nitrogens with zero attached hydrogens (tertiary/aromatic N) is 1. The SMILES string of the molecule is COc1cccc(NC(=O)[C@@H]2OCC(=O)N(C)[C@@H]2c2ccc(F)cc2)c1. The Labute approximate surface area is 150 Å². The van der Waals surface area contributed by atoms with Gasteiger partial charge in [-0.15, -0.1) is 0 Å². The Bertz CT molecular complexity index is 809. The molecule has 1 fully saturated rings. The molecule has 2 amide bonds. The molecule has 1 aliphatic rings. The number of morpholine rings is 1. The van der Waals surface area contributed by atoms with Gasteiger partial charge in [0.2, 0.25) is 5.91 Å². The summed E-state index contributed by atoms with van der Waals surface area (Å²) in [6, 6.07) is 12.0. The molecule has 0 aliphatic carbocycles. The molecule has 0 aromatic heterocycles. The molecule has 7 heteroatoms. The molecule has 1 heterocycles. The Morgan fingerprint density at radius 2 is 2.00 bits per heavy atom. The fraction of sp³-hybridized carbons (Fsp3) is 0.263. The fourth-order valence-corrected chi connectivity index (χ4v) is 2.90. The molecule has 1 aliphatic heterocycles. The zero-order chi connectivity index (χ0) is 18.7. The Morgan fingerprint density at radius 1 is 1.27 bits per heavy atom. The highest BCUT2D eigenvalue weighted by Gasteiger charge is 2.40. The molecule has 0 bridgehead atoms. The van der Waals surface area contributed by atoms with Gasteiger partial charge in [-0.1, -0.05) is 18.2 Å². The number of hydrogen-bond donors (Lipinski definition) is 1. The van der Waals surface area contributed by atoms with Gasteiger partial charge in [0.25, 0.3) is 5.91 Å². The van der Waals surface area contributed by atoms with Crippen molar-refractivity contribution in [1.29, 1.82) is 0 Å². The van der Waals surface area contributed by atoms with E-state index in [-0.39, 0.29) is 12.5 Å². The van der Waals surface area contributed by atoms with Gasteiger partial charge in [0.15, 0.2) is 6.10 Å². The topological polar surface area (TPSA) is 67.9 Å². The van der Waals surface area contributed by atoms with Crippen LogP contribution in [0, 0.1) is 5.82 Å². The normalized spacial score (nSPS) is 20.0. The van der Waals surface area contributed by atoms with E-state index >= 15 is 0 Å². The zero-order valence-corrected chi connectivity index (χ0v) is 14.4. The van der Waals surface area contributed by atoms with E-state index < -0.39 is 23.9 Å². The van der Waals surface area contributed by atoms with Gasteiger partial charge in [-0.05, 0) is 29.8 Å². The lowest BCUT2D eigenvalue weighted by atomic mass is 9.97. The first-order valence-corrected chi connectivity index (χ1v) is 8.07. The summed E-state index contributed by atoms with van der Waals surface area (Å²) in [5, 5.41) is 2.78. The minimum absolute atomic E-state index is 0.190. The third-order valence-corrected chi connectivity index (χ3v) is 4.29. The molecule has 0 radical (unpaired) electrons. The van der Waals surface area contributed by atoms with Crippen molar-refractivity contribution < 1.29 is 23.5 Å². The van der Waals surface area contributed by atoms with Crippen molar-refractivity contribution >= 4 is 17.5 Å². The van der Waals surface area contributed by atoms with Gasteiger partial charge in [0, 0.05) is 18.8 Å². The van der Waals surface area contributed by atoms with Crippen molar-refractivity contribution in [2.24, 2.45) is 0 Å². The number of amides is 2. The van der Waals surface area contributed by atoms with Crippen LogP contribution in [0.25, 0.3) is 0 Å². The molecule has 2 aromatic carbocycles. The molecular formula is C19H19FN2O4. The summed E-state index contributed by atoms with van der Waals surface area (Å²) >= 11 is 0. The van der Waals surface area contributed by atoms with Gasteiger partial charge in [0.05, 0.1) is 13.2 Å². The molecular weight excluding hydrogens is 339 g/mol. The van der Waals surface area contributed by atoms with Crippen LogP contribution in [-0.2, 0) is 14.3 Å². The number of benzene rings is 2. The zero-order valence-electron chi connectivity index (χ0n) is 14.4. The molecule has 2 atom stereocenters. The van der Waals surface area contributed by atoms with E-state index in [1.165, 1.54) is 24.1 Å². The third kappa shape index (κ3) is 3.67. The second-order valence-corrected chi connectivity index (χ2v) is 5.95. The van der Waals surface area contributed by atoms with Gasteiger partial charge >= 0.3 is 0 Å². The highest BCUT2D eigenvalue weighted by atomic mass is 19.1. The highest BCUT2D eigenvalue weighted by molar-refractivity contribution is 5.96. The minimum Gasteiger partial charge on any atom is -0.497 e. The van der Waals surface area contributed by atoms with Gasteiger partial charge in [-0.2, -0.15) is 0 Å². The van der Waals surface area contributed by atoms with Crippen LogP contribution in [0.5, 0.6) is 5.75 Å². The number of carbonyl (C=O) groups is 2. The minimum atomic E-state index is -0.922. The van der Waals surface area contributed by atoms with Crippen molar-refractivity contribution in [3.8, 4) is 5.75 Å². The molecule has 0 saturated carbocycles. The standard InChI is InChI=1S/C19H19FN2O4/c1-22-16(23)11-26-18(17(22)12-6-8-13(20)9-7-12)19(24)21-14-4-3-5-15(10-14)25-2/h3-10,17-18H,11H2,1-2H3,(H,21,24)/t17-,18-/m1/s1. The Hall–Kier alpha value is -2.93. The number of hydrogen-bond acceptors (Lipinski definition) is 4. The first-order valence-electron chi connectivity index (χ1n) is 8.07. The molecule has 0 unspecified atom stereocenters. The number of carbonyl (C=O) groups excluding carboxylic acids is 2. The van der Waals surface area contributed by atoms with Crippen LogP contribution in [0.3, 0.4) is 0 Å². The molecule has 1 saturated heterocycles. The smallest absolute Gasteiger partial charge is 0.256 e. The van der Waals surface area contributed by atoms with Crippen molar-refractivity contribution in [2.45, 2.75) is 12.1 Å². The van der Waals surface area contributed by atoms with Gasteiger partial charge in [-0.25, -0.2) is 4.39 Å². The second-order valence-electron chi connectivity index (χ2n) is 5.95. The maximum atomic E-state index is 13.2. The molecule has 136 valence electrons. The number of rotatable bonds is 4. The number of halogens is 1. The first kappa shape index (κ1) is 17.9. The largest absolute Gasteiger partial charge is 0.497 e. The third-order valence-electron chi connectivity index (χ3n) is 4.29. The summed E-state index contributed by atoms with van der Waals surface area (Å²) in [7, 11) is 3.14. The highest BCUT2D eigenvalue weighted by Crippen LogP contribution is 2.30. The van der Waals surface area contributed by atoms with Crippen molar-refractivity contribution in [3.05, 3.63) is 59.9 Å². The maximum Gasteiger partial charge on any atom is 0.256 e. The van der Waals surface area contributed by atoms with Crippen LogP contribution in [-0.4, -0.2) is 43.6 Å². The first-order chi connectivity index (χ1) is 12.5. The van der Waals surface area contributed by atoms with Gasteiger partial charge < -0.3 is 19.7 Å². The average Bonchev–Trinajstić information content (AvgIpc) is 2.65. The van der Waals surface area contributed by atoms with E-state index in [4.69, 9.17) is 9.47 Å². The lowest BCUT2D eigenvalue weighted by molar-refractivity contribution is -0.160. The molecule has 3 rings (SSSR count). The van der Waals surface area contributed by atoms with E-state index in [1.54, 1.807) is 43.4 Å². The van der Waals surface area contributed by atoms with Crippen LogP contribution in [0.15, 0.2) is 48.5 Å². The summed E-state index contributed by atoms with van der Waals surface area (Å²) in [5.41, 5.74) is 1.17. The fourth-order valence-electron chi connectivity index (χ4n) is 2.90. The monoisotopic (exact) mass is 358 g/mol. The van der Waals surface area contributed by atoms with E-state index in [0.29, 0.717) is 17.0 Å². The predicted octanol–water partition coefficient (Wildman–Crippen LogP) is 2.37. The molecule has 6 nitrogen and oxygen atoms in total. The van der Waals surface area contributed by atoms with E-state index in [2.05, 4.69) is 5.32 Å².